The van der Waals surface area contributed by atoms with E-state index in [0.29, 0.717) is 0 Å². The first-order valence-electron chi connectivity index (χ1n) is 5.90. The molecule has 0 amide bonds. The molecule has 3 nitrogen and oxygen atoms in total. The van der Waals surface area contributed by atoms with Gasteiger partial charge in [-0.2, -0.15) is 0 Å². The normalized spacial score (nSPS) is 14.9. The first kappa shape index (κ1) is 12.1. The number of nitrogens with one attached hydrogen (secondary N) is 1. The zero-order chi connectivity index (χ0) is 12.1. The van der Waals surface area contributed by atoms with E-state index in [2.05, 4.69) is 35.5 Å². The summed E-state index contributed by atoms with van der Waals surface area (Å²) in [5.74, 6) is 11.6. The molecule has 90 valence electrons. The van der Waals surface area contributed by atoms with Gasteiger partial charge in [-0.25, -0.2) is 0 Å². The predicted molar refractivity (Wildman–Crippen MR) is 67.7 cm³/mol. The van der Waals surface area contributed by atoms with Crippen LogP contribution in [0.3, 0.4) is 0 Å². The van der Waals surface area contributed by atoms with Gasteiger partial charge in [-0.05, 0) is 30.0 Å². The number of hydrogen-bond donors (Lipinski definition) is 2. The average Bonchev–Trinajstić information content (AvgIpc) is 2.82. The summed E-state index contributed by atoms with van der Waals surface area (Å²) in [5.41, 5.74) is 6.65. The highest BCUT2D eigenvalue weighted by Crippen LogP contribution is 2.25. The highest BCUT2D eigenvalue weighted by atomic mass is 16.5. The summed E-state index contributed by atoms with van der Waals surface area (Å²) in [6.45, 7) is 3.31. The summed E-state index contributed by atoms with van der Waals surface area (Å²) in [7, 11) is 0. The van der Waals surface area contributed by atoms with E-state index in [1.165, 1.54) is 16.7 Å². The standard InChI is InChI=1S/C14H18N2O/c1-2-3-4-5-14(16-15)11-6-7-12-9-17-10-13(12)8-11/h6-8,14,16H,4-5,9-10,15H2,1H3. The van der Waals surface area contributed by atoms with Crippen molar-refractivity contribution in [2.45, 2.75) is 39.0 Å². The fraction of sp³-hybridized carbons (Fsp3) is 0.429. The highest BCUT2D eigenvalue weighted by Gasteiger charge is 2.15. The highest BCUT2D eigenvalue weighted by molar-refractivity contribution is 5.34. The lowest BCUT2D eigenvalue weighted by Crippen LogP contribution is -2.28. The smallest absolute Gasteiger partial charge is 0.0725 e. The molecule has 2 rings (SSSR count). The van der Waals surface area contributed by atoms with Crippen LogP contribution in [0.4, 0.5) is 0 Å². The molecule has 17 heavy (non-hydrogen) atoms. The van der Waals surface area contributed by atoms with E-state index in [1.54, 1.807) is 0 Å². The van der Waals surface area contributed by atoms with E-state index >= 15 is 0 Å². The van der Waals surface area contributed by atoms with Gasteiger partial charge >= 0.3 is 0 Å². The van der Waals surface area contributed by atoms with Gasteiger partial charge in [0.2, 0.25) is 0 Å². The topological polar surface area (TPSA) is 47.3 Å². The Morgan fingerprint density at radius 1 is 1.41 bits per heavy atom. The Labute approximate surface area is 102 Å². The molecule has 0 fully saturated rings. The van der Waals surface area contributed by atoms with Crippen LogP contribution in [0, 0.1) is 11.8 Å². The molecule has 0 aromatic heterocycles. The van der Waals surface area contributed by atoms with Crippen molar-refractivity contribution >= 4 is 0 Å². The van der Waals surface area contributed by atoms with Crippen LogP contribution >= 0.6 is 0 Å². The van der Waals surface area contributed by atoms with Crippen molar-refractivity contribution in [1.29, 1.82) is 0 Å². The Morgan fingerprint density at radius 3 is 3.00 bits per heavy atom. The molecule has 0 bridgehead atoms. The molecular formula is C14H18N2O. The number of rotatable bonds is 4. The van der Waals surface area contributed by atoms with Crippen molar-refractivity contribution in [2.75, 3.05) is 0 Å². The van der Waals surface area contributed by atoms with E-state index in [4.69, 9.17) is 10.6 Å². The summed E-state index contributed by atoms with van der Waals surface area (Å²) in [6.07, 6.45) is 1.79. The molecule has 1 aromatic carbocycles. The minimum Gasteiger partial charge on any atom is -0.372 e. The minimum absolute atomic E-state index is 0.168. The quantitative estimate of drug-likeness (QED) is 0.472. The maximum absolute atomic E-state index is 5.60. The molecule has 0 saturated carbocycles. The van der Waals surface area contributed by atoms with Crippen LogP contribution in [0.15, 0.2) is 18.2 Å². The van der Waals surface area contributed by atoms with Gasteiger partial charge in [-0.1, -0.05) is 18.2 Å². The maximum Gasteiger partial charge on any atom is 0.0725 e. The molecule has 1 aromatic rings. The van der Waals surface area contributed by atoms with Gasteiger partial charge in [0.15, 0.2) is 0 Å². The number of hydrazine groups is 1. The fourth-order valence-electron chi connectivity index (χ4n) is 2.10. The average molecular weight is 230 g/mol. The Morgan fingerprint density at radius 2 is 2.24 bits per heavy atom. The molecule has 1 aliphatic rings. The molecule has 3 N–H and O–H groups in total. The zero-order valence-corrected chi connectivity index (χ0v) is 10.1. The van der Waals surface area contributed by atoms with Gasteiger partial charge in [0, 0.05) is 12.5 Å². The summed E-state index contributed by atoms with van der Waals surface area (Å²) in [4.78, 5) is 0. The lowest BCUT2D eigenvalue weighted by atomic mass is 9.98. The first-order chi connectivity index (χ1) is 8.35. The van der Waals surface area contributed by atoms with E-state index < -0.39 is 0 Å². The zero-order valence-electron chi connectivity index (χ0n) is 10.1. The van der Waals surface area contributed by atoms with Gasteiger partial charge in [-0.15, -0.1) is 11.8 Å². The SMILES string of the molecule is CC#CCCC(NN)c1ccc2c(c1)COC2. The number of benzene rings is 1. The monoisotopic (exact) mass is 230 g/mol. The molecule has 0 spiro atoms. The van der Waals surface area contributed by atoms with E-state index in [9.17, 15) is 0 Å². The number of hydrogen-bond acceptors (Lipinski definition) is 3. The third-order valence-electron chi connectivity index (χ3n) is 3.08. The van der Waals surface area contributed by atoms with Crippen LogP contribution in [-0.4, -0.2) is 0 Å². The van der Waals surface area contributed by atoms with Crippen LogP contribution in [0.25, 0.3) is 0 Å². The lowest BCUT2D eigenvalue weighted by Gasteiger charge is -2.15. The van der Waals surface area contributed by atoms with Gasteiger partial charge in [0.1, 0.15) is 0 Å². The lowest BCUT2D eigenvalue weighted by molar-refractivity contribution is 0.134. The Kier molecular flexibility index (Phi) is 4.16. The molecule has 3 heteroatoms. The molecule has 0 aliphatic carbocycles. The largest absolute Gasteiger partial charge is 0.372 e. The van der Waals surface area contributed by atoms with E-state index in [1.807, 2.05) is 6.92 Å². The molecular weight excluding hydrogens is 212 g/mol. The molecule has 1 heterocycles. The molecule has 1 unspecified atom stereocenters. The van der Waals surface area contributed by atoms with Crippen molar-refractivity contribution in [2.24, 2.45) is 5.84 Å². The second-order valence-electron chi connectivity index (χ2n) is 4.21. The van der Waals surface area contributed by atoms with Crippen LogP contribution < -0.4 is 11.3 Å². The van der Waals surface area contributed by atoms with Crippen LogP contribution in [-0.2, 0) is 18.0 Å². The van der Waals surface area contributed by atoms with Crippen molar-refractivity contribution in [1.82, 2.24) is 5.43 Å². The molecule has 1 aliphatic heterocycles. The van der Waals surface area contributed by atoms with Crippen molar-refractivity contribution in [3.63, 3.8) is 0 Å². The Bertz CT molecular complexity index is 445. The summed E-state index contributed by atoms with van der Waals surface area (Å²) in [6, 6.07) is 6.61. The van der Waals surface area contributed by atoms with Crippen LogP contribution in [0.2, 0.25) is 0 Å². The van der Waals surface area contributed by atoms with E-state index in [-0.39, 0.29) is 6.04 Å². The molecule has 1 atom stereocenters. The third-order valence-corrected chi connectivity index (χ3v) is 3.08. The fourth-order valence-corrected chi connectivity index (χ4v) is 2.10. The van der Waals surface area contributed by atoms with Crippen molar-refractivity contribution < 1.29 is 4.74 Å². The van der Waals surface area contributed by atoms with Gasteiger partial charge in [-0.3, -0.25) is 11.3 Å². The Balaban J connectivity index is 2.10. The summed E-state index contributed by atoms with van der Waals surface area (Å²) >= 11 is 0. The van der Waals surface area contributed by atoms with Crippen molar-refractivity contribution in [3.8, 4) is 11.8 Å². The molecule has 0 radical (unpaired) electrons. The predicted octanol–water partition coefficient (Wildman–Crippen LogP) is 2.02. The van der Waals surface area contributed by atoms with Gasteiger partial charge in [0.05, 0.1) is 13.2 Å². The number of fused-ring (bicyclic) bond motifs is 1. The maximum atomic E-state index is 5.60. The summed E-state index contributed by atoms with van der Waals surface area (Å²) < 4.78 is 5.41. The Hall–Kier alpha value is -1.34. The number of ether oxygens (including phenoxy) is 1. The second-order valence-corrected chi connectivity index (χ2v) is 4.21. The molecule has 0 saturated heterocycles. The van der Waals surface area contributed by atoms with Crippen LogP contribution in [0.1, 0.15) is 42.5 Å². The second kappa shape index (κ2) is 5.83. The third kappa shape index (κ3) is 2.86. The van der Waals surface area contributed by atoms with Crippen molar-refractivity contribution in [3.05, 3.63) is 34.9 Å². The first-order valence-corrected chi connectivity index (χ1v) is 5.90. The van der Waals surface area contributed by atoms with Crippen LogP contribution in [0.5, 0.6) is 0 Å². The van der Waals surface area contributed by atoms with Gasteiger partial charge < -0.3 is 4.74 Å². The summed E-state index contributed by atoms with van der Waals surface area (Å²) in [5, 5.41) is 0. The number of nitrogens with two attached hydrogens (primary N) is 1. The van der Waals surface area contributed by atoms with Gasteiger partial charge in [0.25, 0.3) is 0 Å². The van der Waals surface area contributed by atoms with E-state index in [0.717, 1.165) is 26.1 Å². The minimum atomic E-state index is 0.168.